The van der Waals surface area contributed by atoms with Gasteiger partial charge < -0.3 is 14.6 Å². The second-order valence-electron chi connectivity index (χ2n) is 6.03. The van der Waals surface area contributed by atoms with Crippen LogP contribution in [0.1, 0.15) is 34.6 Å². The highest BCUT2D eigenvalue weighted by Crippen LogP contribution is 2.26. The average Bonchev–Trinajstić information content (AvgIpc) is 2.75. The number of carbonyl (C=O) groups excluding carboxylic acids is 3. The van der Waals surface area contributed by atoms with E-state index in [1.54, 1.807) is 38.1 Å². The van der Waals surface area contributed by atoms with Gasteiger partial charge in [0.1, 0.15) is 18.8 Å². The fraction of sp³-hybridized carbons (Fsp3) is 0.438. The van der Waals surface area contributed by atoms with Crippen LogP contribution in [-0.2, 0) is 14.3 Å². The number of β-amino-alcohol motifs (C(OH)–C–C–N with tert-alkyl or cyclic N) is 1. The van der Waals surface area contributed by atoms with Crippen LogP contribution in [-0.4, -0.2) is 58.8 Å². The maximum Gasteiger partial charge on any atom is 0.261 e. The number of ketones is 1. The van der Waals surface area contributed by atoms with Crippen molar-refractivity contribution in [2.24, 2.45) is 0 Å². The standard InChI is InChI=1S/C16H17NO6/c1-16(2)22-8-12(19)13(23-16)11(18)7-17-14(20)9-5-3-4-6-10(9)15(17)21/h3-6,11,13,18H,7-8H2,1-2H3/t11-,13-/m1/s1. The zero-order valence-electron chi connectivity index (χ0n) is 12.8. The largest absolute Gasteiger partial charge is 0.388 e. The summed E-state index contributed by atoms with van der Waals surface area (Å²) in [6.45, 7) is 2.76. The Labute approximate surface area is 132 Å². The molecule has 2 heterocycles. The Hall–Kier alpha value is -2.09. The molecule has 1 saturated heterocycles. The Morgan fingerprint density at radius 1 is 1.22 bits per heavy atom. The highest BCUT2D eigenvalue weighted by molar-refractivity contribution is 6.21. The summed E-state index contributed by atoms with van der Waals surface area (Å²) in [4.78, 5) is 37.4. The molecule has 7 nitrogen and oxygen atoms in total. The molecular weight excluding hydrogens is 302 g/mol. The molecule has 0 aliphatic carbocycles. The molecule has 2 amide bonds. The molecule has 122 valence electrons. The second-order valence-corrected chi connectivity index (χ2v) is 6.03. The first-order valence-corrected chi connectivity index (χ1v) is 7.28. The zero-order valence-corrected chi connectivity index (χ0v) is 12.8. The van der Waals surface area contributed by atoms with Gasteiger partial charge in [0.15, 0.2) is 11.6 Å². The molecule has 0 aromatic heterocycles. The lowest BCUT2D eigenvalue weighted by Gasteiger charge is -2.37. The van der Waals surface area contributed by atoms with E-state index in [0.717, 1.165) is 4.90 Å². The van der Waals surface area contributed by atoms with Crippen LogP contribution in [0.5, 0.6) is 0 Å². The lowest BCUT2D eigenvalue weighted by atomic mass is 10.1. The van der Waals surface area contributed by atoms with Crippen LogP contribution in [0.25, 0.3) is 0 Å². The summed E-state index contributed by atoms with van der Waals surface area (Å²) in [6, 6.07) is 6.44. The van der Waals surface area contributed by atoms with Gasteiger partial charge >= 0.3 is 0 Å². The number of hydrogen-bond donors (Lipinski definition) is 1. The number of hydrogen-bond acceptors (Lipinski definition) is 6. The first kappa shape index (κ1) is 15.8. The topological polar surface area (TPSA) is 93.1 Å². The van der Waals surface area contributed by atoms with Gasteiger partial charge in [-0.25, -0.2) is 0 Å². The van der Waals surface area contributed by atoms with Gasteiger partial charge in [0.25, 0.3) is 11.8 Å². The van der Waals surface area contributed by atoms with Gasteiger partial charge in [0.2, 0.25) is 0 Å². The van der Waals surface area contributed by atoms with E-state index >= 15 is 0 Å². The van der Waals surface area contributed by atoms with Crippen LogP contribution < -0.4 is 0 Å². The third kappa shape index (κ3) is 2.78. The van der Waals surface area contributed by atoms with Crippen LogP contribution in [0.2, 0.25) is 0 Å². The third-order valence-electron chi connectivity index (χ3n) is 3.89. The average molecular weight is 319 g/mol. The van der Waals surface area contributed by atoms with Crippen LogP contribution in [0.15, 0.2) is 24.3 Å². The van der Waals surface area contributed by atoms with Crippen molar-refractivity contribution >= 4 is 17.6 Å². The number of aliphatic hydroxyl groups excluding tert-OH is 1. The fourth-order valence-corrected chi connectivity index (χ4v) is 2.71. The minimum atomic E-state index is -1.31. The normalized spacial score (nSPS) is 24.7. The van der Waals surface area contributed by atoms with E-state index in [0.29, 0.717) is 11.1 Å². The predicted octanol–water partition coefficient (Wildman–Crippen LogP) is 0.364. The molecule has 1 aromatic carbocycles. The number of nitrogens with zero attached hydrogens (tertiary/aromatic N) is 1. The van der Waals surface area contributed by atoms with Crippen molar-refractivity contribution in [1.82, 2.24) is 4.90 Å². The number of carbonyl (C=O) groups is 3. The maximum atomic E-state index is 12.3. The lowest BCUT2D eigenvalue weighted by Crippen LogP contribution is -2.54. The molecule has 0 radical (unpaired) electrons. The quantitative estimate of drug-likeness (QED) is 0.809. The number of Topliss-reactive ketones (excluding diaryl/α,β-unsaturated/α-hetero) is 1. The summed E-state index contributed by atoms with van der Waals surface area (Å²) < 4.78 is 10.6. The van der Waals surface area contributed by atoms with E-state index in [2.05, 4.69) is 0 Å². The van der Waals surface area contributed by atoms with Gasteiger partial charge in [-0.15, -0.1) is 0 Å². The summed E-state index contributed by atoms with van der Waals surface area (Å²) in [5.74, 6) is -2.40. The molecule has 23 heavy (non-hydrogen) atoms. The van der Waals surface area contributed by atoms with E-state index < -0.39 is 35.6 Å². The lowest BCUT2D eigenvalue weighted by molar-refractivity contribution is -0.270. The summed E-state index contributed by atoms with van der Waals surface area (Å²) in [5, 5.41) is 10.3. The number of amides is 2. The Balaban J connectivity index is 1.76. The van der Waals surface area contributed by atoms with Crippen molar-refractivity contribution in [3.05, 3.63) is 35.4 Å². The Bertz CT molecular complexity index is 648. The number of ether oxygens (including phenoxy) is 2. The van der Waals surface area contributed by atoms with Gasteiger partial charge in [-0.3, -0.25) is 19.3 Å². The first-order chi connectivity index (χ1) is 10.8. The molecular formula is C16H17NO6. The van der Waals surface area contributed by atoms with Crippen LogP contribution in [0.4, 0.5) is 0 Å². The second kappa shape index (κ2) is 5.52. The predicted molar refractivity (Wildman–Crippen MR) is 77.7 cm³/mol. The highest BCUT2D eigenvalue weighted by atomic mass is 16.7. The Morgan fingerprint density at radius 3 is 2.35 bits per heavy atom. The molecule has 0 bridgehead atoms. The van der Waals surface area contributed by atoms with Crippen molar-refractivity contribution < 1.29 is 29.0 Å². The molecule has 0 saturated carbocycles. The SMILES string of the molecule is CC1(C)OCC(=O)[C@@H]([C@H](O)CN2C(=O)c3ccccc3C2=O)O1. The fourth-order valence-electron chi connectivity index (χ4n) is 2.71. The van der Waals surface area contributed by atoms with Crippen LogP contribution in [0, 0.1) is 0 Å². The number of aliphatic hydroxyl groups is 1. The van der Waals surface area contributed by atoms with E-state index in [-0.39, 0.29) is 13.2 Å². The summed E-state index contributed by atoms with van der Waals surface area (Å²) >= 11 is 0. The van der Waals surface area contributed by atoms with E-state index in [1.807, 2.05) is 0 Å². The molecule has 0 unspecified atom stereocenters. The van der Waals surface area contributed by atoms with Crippen LogP contribution in [0.3, 0.4) is 0 Å². The highest BCUT2D eigenvalue weighted by Gasteiger charge is 2.43. The molecule has 3 rings (SSSR count). The molecule has 1 aromatic rings. The Kier molecular flexibility index (Phi) is 3.79. The Morgan fingerprint density at radius 2 is 1.78 bits per heavy atom. The zero-order chi connectivity index (χ0) is 16.8. The van der Waals surface area contributed by atoms with Crippen molar-refractivity contribution in [2.75, 3.05) is 13.2 Å². The molecule has 1 N–H and O–H groups in total. The molecule has 2 aliphatic heterocycles. The van der Waals surface area contributed by atoms with Crippen molar-refractivity contribution in [3.8, 4) is 0 Å². The number of rotatable bonds is 3. The maximum absolute atomic E-state index is 12.3. The smallest absolute Gasteiger partial charge is 0.261 e. The number of imide groups is 1. The number of fused-ring (bicyclic) bond motifs is 1. The van der Waals surface area contributed by atoms with Gasteiger partial charge in [-0.05, 0) is 26.0 Å². The van der Waals surface area contributed by atoms with E-state index in [1.165, 1.54) is 0 Å². The summed E-state index contributed by atoms with van der Waals surface area (Å²) in [5.41, 5.74) is 0.591. The van der Waals surface area contributed by atoms with Crippen molar-refractivity contribution in [2.45, 2.75) is 31.8 Å². The molecule has 7 heteroatoms. The molecule has 1 fully saturated rings. The number of benzene rings is 1. The van der Waals surface area contributed by atoms with E-state index in [9.17, 15) is 19.5 Å². The van der Waals surface area contributed by atoms with Gasteiger partial charge in [-0.2, -0.15) is 0 Å². The van der Waals surface area contributed by atoms with Crippen molar-refractivity contribution in [1.29, 1.82) is 0 Å². The summed E-state index contributed by atoms with van der Waals surface area (Å²) in [7, 11) is 0. The van der Waals surface area contributed by atoms with Crippen molar-refractivity contribution in [3.63, 3.8) is 0 Å². The van der Waals surface area contributed by atoms with Gasteiger partial charge in [0, 0.05) is 0 Å². The van der Waals surface area contributed by atoms with E-state index in [4.69, 9.17) is 9.47 Å². The molecule has 2 aliphatic rings. The third-order valence-corrected chi connectivity index (χ3v) is 3.89. The molecule has 2 atom stereocenters. The minimum absolute atomic E-state index is 0.184. The summed E-state index contributed by atoms with van der Waals surface area (Å²) in [6.07, 6.45) is -2.45. The van der Waals surface area contributed by atoms with Crippen LogP contribution >= 0.6 is 0 Å². The first-order valence-electron chi connectivity index (χ1n) is 7.28. The molecule has 0 spiro atoms. The monoisotopic (exact) mass is 319 g/mol. The van der Waals surface area contributed by atoms with Gasteiger partial charge in [-0.1, -0.05) is 12.1 Å². The minimum Gasteiger partial charge on any atom is -0.388 e. The van der Waals surface area contributed by atoms with Gasteiger partial charge in [0.05, 0.1) is 17.7 Å².